The largest absolute Gasteiger partial charge is 0.444 e. The molecule has 2 rings (SSSR count). The fraction of sp³-hybridized carbons (Fsp3) is 0.556. The molecule has 1 unspecified atom stereocenters. The van der Waals surface area contributed by atoms with Crippen molar-refractivity contribution in [2.24, 2.45) is 0 Å². The second-order valence-corrected chi connectivity index (χ2v) is 7.16. The number of piperidine rings is 1. The third-order valence-electron chi connectivity index (χ3n) is 4.23. The molecule has 0 aliphatic carbocycles. The van der Waals surface area contributed by atoms with Crippen LogP contribution in [0.4, 0.5) is 9.18 Å². The summed E-state index contributed by atoms with van der Waals surface area (Å²) in [6, 6.07) is 8.78. The lowest BCUT2D eigenvalue weighted by Crippen LogP contribution is -2.57. The van der Waals surface area contributed by atoms with Gasteiger partial charge in [0.05, 0.1) is 5.54 Å². The first kappa shape index (κ1) is 18.2. The van der Waals surface area contributed by atoms with Crippen LogP contribution in [0.15, 0.2) is 30.3 Å². The number of nitrogens with one attached hydrogen (secondary N) is 1. The number of hydrogen-bond acceptors (Lipinski definition) is 3. The van der Waals surface area contributed by atoms with Gasteiger partial charge in [-0.3, -0.25) is 4.79 Å². The highest BCUT2D eigenvalue weighted by atomic mass is 19.1. The lowest BCUT2D eigenvalue weighted by atomic mass is 9.80. The minimum absolute atomic E-state index is 0.334. The van der Waals surface area contributed by atoms with Crippen LogP contribution in [0.25, 0.3) is 0 Å². The van der Waals surface area contributed by atoms with Crippen molar-refractivity contribution in [2.45, 2.75) is 50.9 Å². The predicted octanol–water partition coefficient (Wildman–Crippen LogP) is 3.21. The number of alkyl halides is 1. The summed E-state index contributed by atoms with van der Waals surface area (Å²) in [6.45, 7) is 6.09. The maximum Gasteiger partial charge on any atom is 0.410 e. The van der Waals surface area contributed by atoms with Crippen LogP contribution in [0.5, 0.6) is 0 Å². The van der Waals surface area contributed by atoms with E-state index >= 15 is 4.39 Å². The Morgan fingerprint density at radius 3 is 2.38 bits per heavy atom. The second kappa shape index (κ2) is 7.20. The van der Waals surface area contributed by atoms with Crippen LogP contribution in [0, 0.1) is 0 Å². The fourth-order valence-electron chi connectivity index (χ4n) is 2.94. The SMILES string of the molecule is CC(C)(C)OC(=O)N1CCC(NC=O)(C(F)c2ccccc2)CC1. The molecule has 1 aromatic rings. The molecule has 1 saturated heterocycles. The van der Waals surface area contributed by atoms with E-state index in [4.69, 9.17) is 4.74 Å². The van der Waals surface area contributed by atoms with Gasteiger partial charge >= 0.3 is 6.09 Å². The molecule has 1 aliphatic heterocycles. The number of nitrogens with zero attached hydrogens (tertiary/aromatic N) is 1. The summed E-state index contributed by atoms with van der Waals surface area (Å²) in [7, 11) is 0. The monoisotopic (exact) mass is 336 g/mol. The Kier molecular flexibility index (Phi) is 5.47. The van der Waals surface area contributed by atoms with E-state index in [-0.39, 0.29) is 0 Å². The number of carbonyl (C=O) groups excluding carboxylic acids is 2. The summed E-state index contributed by atoms with van der Waals surface area (Å²) < 4.78 is 20.5. The van der Waals surface area contributed by atoms with E-state index in [0.717, 1.165) is 0 Å². The predicted molar refractivity (Wildman–Crippen MR) is 89.3 cm³/mol. The van der Waals surface area contributed by atoms with Gasteiger partial charge in [-0.25, -0.2) is 9.18 Å². The average Bonchev–Trinajstić information content (AvgIpc) is 2.54. The standard InChI is InChI=1S/C18H25FN2O3/c1-17(2,3)24-16(23)21-11-9-18(10-12-21,20-13-22)15(19)14-7-5-4-6-8-14/h4-8,13,15H,9-12H2,1-3H3,(H,20,22). The van der Waals surface area contributed by atoms with Gasteiger partial charge in [-0.05, 0) is 39.2 Å². The van der Waals surface area contributed by atoms with Gasteiger partial charge in [0, 0.05) is 13.1 Å². The normalized spacial score (nSPS) is 18.6. The molecule has 1 N–H and O–H groups in total. The fourth-order valence-corrected chi connectivity index (χ4v) is 2.94. The molecule has 1 aromatic carbocycles. The molecule has 0 saturated carbocycles. The van der Waals surface area contributed by atoms with Crippen molar-refractivity contribution in [1.29, 1.82) is 0 Å². The van der Waals surface area contributed by atoms with Crippen molar-refractivity contribution >= 4 is 12.5 Å². The van der Waals surface area contributed by atoms with Crippen molar-refractivity contribution in [3.8, 4) is 0 Å². The number of benzene rings is 1. The molecule has 6 heteroatoms. The number of rotatable bonds is 4. The molecule has 1 atom stereocenters. The van der Waals surface area contributed by atoms with E-state index in [1.165, 1.54) is 0 Å². The highest BCUT2D eigenvalue weighted by Gasteiger charge is 2.44. The van der Waals surface area contributed by atoms with Gasteiger partial charge in [-0.1, -0.05) is 30.3 Å². The molecule has 0 radical (unpaired) electrons. The quantitative estimate of drug-likeness (QED) is 0.859. The number of amides is 2. The van der Waals surface area contributed by atoms with E-state index in [2.05, 4.69) is 5.32 Å². The third-order valence-corrected chi connectivity index (χ3v) is 4.23. The van der Waals surface area contributed by atoms with E-state index < -0.39 is 23.4 Å². The van der Waals surface area contributed by atoms with Gasteiger partial charge in [0.2, 0.25) is 6.41 Å². The Labute approximate surface area is 142 Å². The molecule has 0 aromatic heterocycles. The summed E-state index contributed by atoms with van der Waals surface area (Å²) in [5.74, 6) is 0. The zero-order valence-electron chi connectivity index (χ0n) is 14.4. The molecular weight excluding hydrogens is 311 g/mol. The number of ether oxygens (including phenoxy) is 1. The summed E-state index contributed by atoms with van der Waals surface area (Å²) >= 11 is 0. The first-order valence-electron chi connectivity index (χ1n) is 8.16. The van der Waals surface area contributed by atoms with Crippen LogP contribution in [0.3, 0.4) is 0 Å². The first-order valence-corrected chi connectivity index (χ1v) is 8.16. The molecule has 0 bridgehead atoms. The van der Waals surface area contributed by atoms with E-state index in [1.54, 1.807) is 49.9 Å². The molecule has 132 valence electrons. The van der Waals surface area contributed by atoms with Crippen molar-refractivity contribution in [3.05, 3.63) is 35.9 Å². The van der Waals surface area contributed by atoms with Crippen LogP contribution in [0.1, 0.15) is 45.3 Å². The lowest BCUT2D eigenvalue weighted by Gasteiger charge is -2.43. The molecule has 1 heterocycles. The smallest absolute Gasteiger partial charge is 0.410 e. The van der Waals surface area contributed by atoms with Crippen LogP contribution >= 0.6 is 0 Å². The van der Waals surface area contributed by atoms with Crippen LogP contribution < -0.4 is 5.32 Å². The highest BCUT2D eigenvalue weighted by molar-refractivity contribution is 5.68. The molecule has 2 amide bonds. The molecule has 5 nitrogen and oxygen atoms in total. The van der Waals surface area contributed by atoms with Gasteiger partial charge in [0.25, 0.3) is 0 Å². The zero-order chi connectivity index (χ0) is 17.8. The van der Waals surface area contributed by atoms with Crippen molar-refractivity contribution in [1.82, 2.24) is 10.2 Å². The van der Waals surface area contributed by atoms with Crippen molar-refractivity contribution in [3.63, 3.8) is 0 Å². The molecule has 24 heavy (non-hydrogen) atoms. The van der Waals surface area contributed by atoms with E-state index in [9.17, 15) is 9.59 Å². The molecular formula is C18H25FN2O3. The number of likely N-dealkylation sites (tertiary alicyclic amines) is 1. The Bertz CT molecular complexity index is 563. The Balaban J connectivity index is 2.09. The lowest BCUT2D eigenvalue weighted by molar-refractivity contribution is -0.113. The molecule has 1 fully saturated rings. The van der Waals surface area contributed by atoms with Gasteiger partial charge in [-0.15, -0.1) is 0 Å². The number of halogens is 1. The Morgan fingerprint density at radius 2 is 1.88 bits per heavy atom. The van der Waals surface area contributed by atoms with Gasteiger partial charge in [-0.2, -0.15) is 0 Å². The minimum Gasteiger partial charge on any atom is -0.444 e. The maximum absolute atomic E-state index is 15.1. The van der Waals surface area contributed by atoms with Crippen LogP contribution in [0.2, 0.25) is 0 Å². The zero-order valence-corrected chi connectivity index (χ0v) is 14.4. The number of hydrogen-bond donors (Lipinski definition) is 1. The molecule has 1 aliphatic rings. The Morgan fingerprint density at radius 1 is 1.29 bits per heavy atom. The van der Waals surface area contributed by atoms with Crippen molar-refractivity contribution < 1.29 is 18.7 Å². The van der Waals surface area contributed by atoms with E-state index in [1.807, 2.05) is 6.07 Å². The topological polar surface area (TPSA) is 58.6 Å². The number of carbonyl (C=O) groups is 2. The van der Waals surface area contributed by atoms with Gasteiger partial charge in [0.1, 0.15) is 11.8 Å². The second-order valence-electron chi connectivity index (χ2n) is 7.16. The van der Waals surface area contributed by atoms with Crippen LogP contribution in [-0.2, 0) is 9.53 Å². The molecule has 0 spiro atoms. The van der Waals surface area contributed by atoms with Crippen molar-refractivity contribution in [2.75, 3.05) is 13.1 Å². The third kappa shape index (κ3) is 4.24. The highest BCUT2D eigenvalue weighted by Crippen LogP contribution is 2.38. The van der Waals surface area contributed by atoms with Gasteiger partial charge < -0.3 is 15.0 Å². The summed E-state index contributed by atoms with van der Waals surface area (Å²) in [4.78, 5) is 24.7. The summed E-state index contributed by atoms with van der Waals surface area (Å²) in [6.07, 6.45) is -0.525. The Hall–Kier alpha value is -2.11. The minimum atomic E-state index is -1.33. The summed E-state index contributed by atoms with van der Waals surface area (Å²) in [5, 5.41) is 2.67. The maximum atomic E-state index is 15.1. The van der Waals surface area contributed by atoms with E-state index in [0.29, 0.717) is 37.9 Å². The average molecular weight is 336 g/mol. The van der Waals surface area contributed by atoms with Gasteiger partial charge in [0.15, 0.2) is 0 Å². The van der Waals surface area contributed by atoms with Crippen LogP contribution in [-0.4, -0.2) is 41.6 Å². The summed E-state index contributed by atoms with van der Waals surface area (Å²) in [5.41, 5.74) is -1.04. The first-order chi connectivity index (χ1) is 11.3.